The molecule has 0 heteroatoms. The molecule has 0 spiro atoms. The van der Waals surface area contributed by atoms with Crippen molar-refractivity contribution in [3.05, 3.63) is 60.6 Å². The molecule has 0 saturated carbocycles. The summed E-state index contributed by atoms with van der Waals surface area (Å²) in [5, 5.41) is 3.68. The van der Waals surface area contributed by atoms with Crippen LogP contribution in [-0.4, -0.2) is 0 Å². The number of hydrogen-bond acceptors (Lipinski definition) is 0. The predicted molar refractivity (Wildman–Crippen MR) is 61.5 cm³/mol. The first-order valence-corrected chi connectivity index (χ1v) is 4.65. The van der Waals surface area contributed by atoms with Crippen LogP contribution in [0.3, 0.4) is 0 Å². The first-order valence-electron chi connectivity index (χ1n) is 5.65. The van der Waals surface area contributed by atoms with Gasteiger partial charge in [-0.3, -0.25) is 0 Å². The molecule has 0 nitrogen and oxygen atoms in total. The summed E-state index contributed by atoms with van der Waals surface area (Å²) in [5.74, 6) is 0. The van der Waals surface area contributed by atoms with Gasteiger partial charge in [-0.25, -0.2) is 0 Å². The smallest absolute Gasteiger partial charge is 0.0616 e. The Balaban J connectivity index is 2.62. The molecule has 0 aromatic heterocycles. The fourth-order valence-corrected chi connectivity index (χ4v) is 1.72. The van der Waals surface area contributed by atoms with Crippen LogP contribution in [0.4, 0.5) is 0 Å². The normalized spacial score (nSPS) is 12.9. The van der Waals surface area contributed by atoms with Crippen molar-refractivity contribution in [1.29, 1.82) is 0 Å². The lowest BCUT2D eigenvalue weighted by Gasteiger charge is -2.00. The fraction of sp³-hybridized carbons (Fsp3) is 0. The zero-order valence-electron chi connectivity index (χ0n) is 9.62. The highest BCUT2D eigenvalue weighted by Gasteiger charge is 1.95. The Hall–Kier alpha value is -1.82. The number of fused-ring (bicyclic) bond motifs is 2. The second kappa shape index (κ2) is 2.85. The maximum atomic E-state index is 8.15. The summed E-state index contributed by atoms with van der Waals surface area (Å²) < 4.78 is 16.0. The minimum atomic E-state index is 0.424. The lowest BCUT2D eigenvalue weighted by Crippen LogP contribution is -1.74. The Kier molecular flexibility index (Phi) is 1.18. The van der Waals surface area contributed by atoms with Crippen molar-refractivity contribution in [2.75, 3.05) is 0 Å². The summed E-state index contributed by atoms with van der Waals surface area (Å²) in [7, 11) is 0. The van der Waals surface area contributed by atoms with E-state index in [1.807, 2.05) is 42.5 Å². The van der Waals surface area contributed by atoms with Gasteiger partial charge >= 0.3 is 0 Å². The molecule has 3 aromatic rings. The summed E-state index contributed by atoms with van der Waals surface area (Å²) in [5.41, 5.74) is 0. The van der Waals surface area contributed by atoms with Gasteiger partial charge in [-0.1, -0.05) is 48.5 Å². The van der Waals surface area contributed by atoms with Crippen LogP contribution in [-0.2, 0) is 0 Å². The average molecular weight is 180 g/mol. The third kappa shape index (κ3) is 1.08. The first kappa shape index (κ1) is 5.82. The van der Waals surface area contributed by atoms with Crippen LogP contribution in [0.25, 0.3) is 21.5 Å². The Bertz CT molecular complexity index is 687. The molecule has 0 aliphatic heterocycles. The largest absolute Gasteiger partial charge is 0.0636 e. The molecule has 3 rings (SSSR count). The summed E-state index contributed by atoms with van der Waals surface area (Å²) in [6.07, 6.45) is 0. The third-order valence-electron chi connectivity index (χ3n) is 2.42. The van der Waals surface area contributed by atoms with Gasteiger partial charge in [0.1, 0.15) is 0 Å². The van der Waals surface area contributed by atoms with Crippen LogP contribution in [0.1, 0.15) is 2.74 Å². The second-order valence-corrected chi connectivity index (χ2v) is 3.36. The van der Waals surface area contributed by atoms with Crippen molar-refractivity contribution in [1.82, 2.24) is 0 Å². The molecule has 0 heterocycles. The summed E-state index contributed by atoms with van der Waals surface area (Å²) in [6, 6.07) is 16.3. The van der Waals surface area contributed by atoms with Gasteiger partial charge in [0, 0.05) is 0 Å². The van der Waals surface area contributed by atoms with Crippen LogP contribution >= 0.6 is 0 Å². The zero-order chi connectivity index (χ0) is 11.1. The molecule has 0 saturated heterocycles. The van der Waals surface area contributed by atoms with Crippen molar-refractivity contribution >= 4 is 21.5 Å². The molecule has 0 aliphatic rings. The fourth-order valence-electron chi connectivity index (χ4n) is 1.72. The van der Waals surface area contributed by atoms with Gasteiger partial charge in [0.05, 0.1) is 2.74 Å². The van der Waals surface area contributed by atoms with Crippen molar-refractivity contribution in [3.8, 4) is 0 Å². The zero-order valence-corrected chi connectivity index (χ0v) is 7.62. The van der Waals surface area contributed by atoms with E-state index in [1.54, 1.807) is 6.07 Å². The van der Waals surface area contributed by atoms with Gasteiger partial charge in [-0.2, -0.15) is 0 Å². The Morgan fingerprint density at radius 3 is 2.21 bits per heavy atom. The van der Waals surface area contributed by atoms with Crippen LogP contribution in [0.5, 0.6) is 0 Å². The summed E-state index contributed by atoms with van der Waals surface area (Å²) >= 11 is 0. The molecular formula is C14H10. The lowest BCUT2D eigenvalue weighted by molar-refractivity contribution is 1.76. The molecule has 0 N–H and O–H groups in total. The van der Waals surface area contributed by atoms with Gasteiger partial charge in [-0.05, 0) is 33.7 Å². The summed E-state index contributed by atoms with van der Waals surface area (Å²) in [4.78, 5) is 0. The van der Waals surface area contributed by atoms with Gasteiger partial charge in [0.2, 0.25) is 0 Å². The minimum Gasteiger partial charge on any atom is -0.0616 e. The van der Waals surface area contributed by atoms with Crippen LogP contribution < -0.4 is 0 Å². The number of hydrogen-bond donors (Lipinski definition) is 0. The standard InChI is InChI=1S/C14H10/c1-2-6-12-10-14-8-4-3-7-13(14)9-11(12)5-1/h1-10H/i5D,9D. The van der Waals surface area contributed by atoms with Gasteiger partial charge < -0.3 is 0 Å². The van der Waals surface area contributed by atoms with Crippen LogP contribution in [0, 0.1) is 0 Å². The highest BCUT2D eigenvalue weighted by Crippen LogP contribution is 2.21. The maximum absolute atomic E-state index is 8.15. The SMILES string of the molecule is [2H]c1cccc2cc3ccccc3c([2H])c12. The first-order chi connectivity index (χ1) is 7.77. The highest BCUT2D eigenvalue weighted by atomic mass is 14.0. The van der Waals surface area contributed by atoms with E-state index in [0.717, 1.165) is 21.5 Å². The van der Waals surface area contributed by atoms with E-state index in [4.69, 9.17) is 2.74 Å². The van der Waals surface area contributed by atoms with E-state index in [-0.39, 0.29) is 0 Å². The topological polar surface area (TPSA) is 0 Å². The molecule has 0 amide bonds. The Morgan fingerprint density at radius 1 is 0.714 bits per heavy atom. The van der Waals surface area contributed by atoms with Crippen molar-refractivity contribution in [2.24, 2.45) is 0 Å². The van der Waals surface area contributed by atoms with Crippen molar-refractivity contribution in [2.45, 2.75) is 0 Å². The molecule has 14 heavy (non-hydrogen) atoms. The molecule has 0 radical (unpaired) electrons. The van der Waals surface area contributed by atoms with E-state index < -0.39 is 0 Å². The molecule has 0 unspecified atom stereocenters. The maximum Gasteiger partial charge on any atom is 0.0636 e. The Morgan fingerprint density at radius 2 is 1.36 bits per heavy atom. The monoisotopic (exact) mass is 180 g/mol. The Labute approximate surface area is 85.6 Å². The van der Waals surface area contributed by atoms with Crippen LogP contribution in [0.15, 0.2) is 60.6 Å². The molecule has 0 atom stereocenters. The van der Waals surface area contributed by atoms with Crippen LogP contribution in [0.2, 0.25) is 0 Å². The third-order valence-corrected chi connectivity index (χ3v) is 2.42. The average Bonchev–Trinajstić information content (AvgIpc) is 2.29. The molecule has 0 fully saturated rings. The molecule has 0 aliphatic carbocycles. The van der Waals surface area contributed by atoms with Crippen molar-refractivity contribution < 1.29 is 2.74 Å². The number of benzene rings is 3. The predicted octanol–water partition coefficient (Wildman–Crippen LogP) is 3.99. The van der Waals surface area contributed by atoms with Gasteiger partial charge in [0.15, 0.2) is 0 Å². The van der Waals surface area contributed by atoms with E-state index >= 15 is 0 Å². The minimum absolute atomic E-state index is 0.424. The van der Waals surface area contributed by atoms with Gasteiger partial charge in [0.25, 0.3) is 0 Å². The molecular weight excluding hydrogens is 168 g/mol. The number of rotatable bonds is 0. The van der Waals surface area contributed by atoms with E-state index in [1.165, 1.54) is 0 Å². The molecule has 0 bridgehead atoms. The van der Waals surface area contributed by atoms with Gasteiger partial charge in [-0.15, -0.1) is 0 Å². The second-order valence-electron chi connectivity index (χ2n) is 3.36. The lowest BCUT2D eigenvalue weighted by atomic mass is 10.0. The molecule has 66 valence electrons. The quantitative estimate of drug-likeness (QED) is 0.459. The van der Waals surface area contributed by atoms with Crippen molar-refractivity contribution in [3.63, 3.8) is 0 Å². The summed E-state index contributed by atoms with van der Waals surface area (Å²) in [6.45, 7) is 0. The molecule has 3 aromatic carbocycles. The van der Waals surface area contributed by atoms with E-state index in [0.29, 0.717) is 12.1 Å². The highest BCUT2D eigenvalue weighted by molar-refractivity contribution is 5.97. The van der Waals surface area contributed by atoms with E-state index in [9.17, 15) is 0 Å². The van der Waals surface area contributed by atoms with E-state index in [2.05, 4.69) is 0 Å².